The van der Waals surface area contributed by atoms with Crippen LogP contribution in [-0.4, -0.2) is 33.4 Å². The topological polar surface area (TPSA) is 62.5 Å². The van der Waals surface area contributed by atoms with Crippen molar-refractivity contribution < 1.29 is 9.18 Å². The molecule has 31 heavy (non-hydrogen) atoms. The monoisotopic (exact) mass is 415 g/mol. The smallest absolute Gasteiger partial charge is 0.228 e. The van der Waals surface area contributed by atoms with Crippen LogP contribution in [0.3, 0.4) is 0 Å². The van der Waals surface area contributed by atoms with Gasteiger partial charge in [0.15, 0.2) is 11.5 Å². The van der Waals surface area contributed by atoms with E-state index in [1.54, 1.807) is 18.3 Å². The van der Waals surface area contributed by atoms with E-state index in [0.717, 1.165) is 58.3 Å². The number of hydrogen-bond donors (Lipinski definition) is 1. The van der Waals surface area contributed by atoms with Gasteiger partial charge in [0.25, 0.3) is 0 Å². The highest BCUT2D eigenvalue weighted by molar-refractivity contribution is 6.00. The molecule has 0 radical (unpaired) electrons. The second kappa shape index (κ2) is 7.50. The third kappa shape index (κ3) is 3.22. The van der Waals surface area contributed by atoms with Gasteiger partial charge in [-0.15, -0.1) is 0 Å². The molecule has 0 aliphatic carbocycles. The molecule has 7 heteroatoms. The molecule has 1 N–H and O–H groups in total. The predicted octanol–water partition coefficient (Wildman–Crippen LogP) is 4.54. The molecule has 6 nitrogen and oxygen atoms in total. The van der Waals surface area contributed by atoms with Crippen LogP contribution in [0.2, 0.25) is 0 Å². The van der Waals surface area contributed by atoms with Crippen LogP contribution in [0.1, 0.15) is 19.4 Å². The number of anilines is 2. The summed E-state index contributed by atoms with van der Waals surface area (Å²) in [7, 11) is 0. The van der Waals surface area contributed by atoms with Gasteiger partial charge in [-0.25, -0.2) is 14.4 Å². The Bertz CT molecular complexity index is 1290. The van der Waals surface area contributed by atoms with Gasteiger partial charge in [-0.1, -0.05) is 6.07 Å². The lowest BCUT2D eigenvalue weighted by molar-refractivity contribution is -0.115. The molecule has 1 aliphatic rings. The highest BCUT2D eigenvalue weighted by Crippen LogP contribution is 2.37. The number of carbonyl (C=O) groups is 1. The van der Waals surface area contributed by atoms with E-state index in [4.69, 9.17) is 4.98 Å². The van der Waals surface area contributed by atoms with Crippen molar-refractivity contribution in [2.75, 3.05) is 23.3 Å². The van der Waals surface area contributed by atoms with Gasteiger partial charge in [0.2, 0.25) is 5.91 Å². The predicted molar refractivity (Wildman–Crippen MR) is 120 cm³/mol. The molecular formula is C24H22FN5O. The summed E-state index contributed by atoms with van der Waals surface area (Å²) in [6.45, 7) is 5.79. The Labute approximate surface area is 179 Å². The number of nitrogens with one attached hydrogen (secondary N) is 1. The van der Waals surface area contributed by atoms with Crippen molar-refractivity contribution >= 4 is 23.1 Å². The standard InChI is InChI=1S/C24H22FN5O/c1-3-29(4-2)23-24-28-21(15-5-8-18(25)9-6-15)22(30(24)12-11-26-23)16-7-10-19-17(13-16)14-20(31)27-19/h5-13H,3-4,14H2,1-2H3,(H,27,31). The van der Waals surface area contributed by atoms with E-state index >= 15 is 0 Å². The maximum absolute atomic E-state index is 13.6. The number of carbonyl (C=O) groups excluding carboxylic acids is 1. The molecule has 0 bridgehead atoms. The van der Waals surface area contributed by atoms with Gasteiger partial charge in [0, 0.05) is 42.3 Å². The number of hydrogen-bond acceptors (Lipinski definition) is 4. The van der Waals surface area contributed by atoms with Crippen LogP contribution < -0.4 is 10.2 Å². The van der Waals surface area contributed by atoms with Crippen LogP contribution in [0.4, 0.5) is 15.9 Å². The Balaban J connectivity index is 1.78. The number of benzene rings is 2. The molecule has 0 spiro atoms. The van der Waals surface area contributed by atoms with Crippen molar-refractivity contribution in [2.24, 2.45) is 0 Å². The van der Waals surface area contributed by atoms with Crippen molar-refractivity contribution in [1.29, 1.82) is 0 Å². The molecule has 1 amide bonds. The third-order valence-electron chi connectivity index (χ3n) is 5.71. The van der Waals surface area contributed by atoms with Crippen LogP contribution in [0.5, 0.6) is 0 Å². The highest BCUT2D eigenvalue weighted by Gasteiger charge is 2.23. The molecule has 4 aromatic rings. The minimum atomic E-state index is -0.290. The van der Waals surface area contributed by atoms with Crippen LogP contribution in [-0.2, 0) is 11.2 Å². The molecular weight excluding hydrogens is 393 g/mol. The van der Waals surface area contributed by atoms with Gasteiger partial charge in [0.05, 0.1) is 17.8 Å². The average molecular weight is 415 g/mol. The number of rotatable bonds is 5. The number of aromatic nitrogens is 3. The Hall–Kier alpha value is -3.74. The lowest BCUT2D eigenvalue weighted by Crippen LogP contribution is -2.23. The minimum Gasteiger partial charge on any atom is -0.354 e. The molecule has 0 atom stereocenters. The van der Waals surface area contributed by atoms with Crippen LogP contribution >= 0.6 is 0 Å². The van der Waals surface area contributed by atoms with Gasteiger partial charge in [-0.3, -0.25) is 9.20 Å². The fraction of sp³-hybridized carbons (Fsp3) is 0.208. The molecule has 5 rings (SSSR count). The number of amides is 1. The first-order chi connectivity index (χ1) is 15.1. The normalized spacial score (nSPS) is 12.8. The molecule has 0 fully saturated rings. The Kier molecular flexibility index (Phi) is 4.66. The molecule has 2 aromatic heterocycles. The SMILES string of the molecule is CCN(CC)c1nccn2c(-c3ccc4c(c3)CC(=O)N4)c(-c3ccc(F)cc3)nc12. The first kappa shape index (κ1) is 19.2. The second-order valence-electron chi connectivity index (χ2n) is 7.53. The average Bonchev–Trinajstić information content (AvgIpc) is 3.34. The maximum atomic E-state index is 13.6. The van der Waals surface area contributed by atoms with Crippen molar-refractivity contribution in [3.05, 3.63) is 66.2 Å². The van der Waals surface area contributed by atoms with Crippen LogP contribution in [0.15, 0.2) is 54.9 Å². The summed E-state index contributed by atoms with van der Waals surface area (Å²) in [6, 6.07) is 12.3. The van der Waals surface area contributed by atoms with E-state index in [1.165, 1.54) is 12.1 Å². The number of imidazole rings is 1. The zero-order chi connectivity index (χ0) is 21.5. The summed E-state index contributed by atoms with van der Waals surface area (Å²) in [5, 5.41) is 2.88. The fourth-order valence-electron chi connectivity index (χ4n) is 4.17. The second-order valence-corrected chi connectivity index (χ2v) is 7.53. The molecule has 0 unspecified atom stereocenters. The van der Waals surface area contributed by atoms with Gasteiger partial charge in [-0.05, 0) is 55.8 Å². The summed E-state index contributed by atoms with van der Waals surface area (Å²) in [6.07, 6.45) is 4.03. The molecule has 2 aromatic carbocycles. The molecule has 1 aliphatic heterocycles. The number of fused-ring (bicyclic) bond motifs is 2. The minimum absolute atomic E-state index is 0.00271. The lowest BCUT2D eigenvalue weighted by atomic mass is 10.0. The number of halogens is 1. The molecule has 3 heterocycles. The van der Waals surface area contributed by atoms with E-state index in [-0.39, 0.29) is 11.7 Å². The van der Waals surface area contributed by atoms with Crippen molar-refractivity contribution in [3.63, 3.8) is 0 Å². The lowest BCUT2D eigenvalue weighted by Gasteiger charge is -2.19. The summed E-state index contributed by atoms with van der Waals surface area (Å²) < 4.78 is 15.6. The van der Waals surface area contributed by atoms with Gasteiger partial charge in [-0.2, -0.15) is 0 Å². The molecule has 156 valence electrons. The quantitative estimate of drug-likeness (QED) is 0.520. The summed E-state index contributed by atoms with van der Waals surface area (Å²) >= 11 is 0. The Morgan fingerprint density at radius 1 is 1.10 bits per heavy atom. The van der Waals surface area contributed by atoms with E-state index < -0.39 is 0 Å². The zero-order valence-electron chi connectivity index (χ0n) is 17.4. The van der Waals surface area contributed by atoms with Crippen LogP contribution in [0, 0.1) is 5.82 Å². The highest BCUT2D eigenvalue weighted by atomic mass is 19.1. The first-order valence-electron chi connectivity index (χ1n) is 10.4. The largest absolute Gasteiger partial charge is 0.354 e. The van der Waals surface area contributed by atoms with E-state index in [9.17, 15) is 9.18 Å². The third-order valence-corrected chi connectivity index (χ3v) is 5.71. The Morgan fingerprint density at radius 2 is 1.84 bits per heavy atom. The van der Waals surface area contributed by atoms with E-state index in [2.05, 4.69) is 29.0 Å². The molecule has 0 saturated carbocycles. The Morgan fingerprint density at radius 3 is 2.58 bits per heavy atom. The molecule has 0 saturated heterocycles. The van der Waals surface area contributed by atoms with Gasteiger partial charge < -0.3 is 10.2 Å². The fourth-order valence-corrected chi connectivity index (χ4v) is 4.17. The van der Waals surface area contributed by atoms with Crippen molar-refractivity contribution in [3.8, 4) is 22.5 Å². The van der Waals surface area contributed by atoms with Crippen LogP contribution in [0.25, 0.3) is 28.2 Å². The van der Waals surface area contributed by atoms with Gasteiger partial charge in [0.1, 0.15) is 5.82 Å². The van der Waals surface area contributed by atoms with Crippen molar-refractivity contribution in [2.45, 2.75) is 20.3 Å². The summed E-state index contributed by atoms with van der Waals surface area (Å²) in [5.41, 5.74) is 5.95. The first-order valence-corrected chi connectivity index (χ1v) is 10.4. The zero-order valence-corrected chi connectivity index (χ0v) is 17.4. The van der Waals surface area contributed by atoms with E-state index in [0.29, 0.717) is 6.42 Å². The van der Waals surface area contributed by atoms with Crippen molar-refractivity contribution in [1.82, 2.24) is 14.4 Å². The summed E-state index contributed by atoms with van der Waals surface area (Å²) in [5.74, 6) is 0.513. The van der Waals surface area contributed by atoms with Gasteiger partial charge >= 0.3 is 0 Å². The van der Waals surface area contributed by atoms with E-state index in [1.807, 2.05) is 28.8 Å². The summed E-state index contributed by atoms with van der Waals surface area (Å²) in [4.78, 5) is 23.6. The number of nitrogens with zero attached hydrogens (tertiary/aromatic N) is 4. The maximum Gasteiger partial charge on any atom is 0.228 e.